The highest BCUT2D eigenvalue weighted by Crippen LogP contribution is 2.16. The van der Waals surface area contributed by atoms with Crippen molar-refractivity contribution >= 4 is 11.9 Å². The van der Waals surface area contributed by atoms with Gasteiger partial charge < -0.3 is 20.3 Å². The zero-order chi connectivity index (χ0) is 49.3. The van der Waals surface area contributed by atoms with Crippen LogP contribution in [0.2, 0.25) is 0 Å². The van der Waals surface area contributed by atoms with Crippen molar-refractivity contribution in [2.75, 3.05) is 13.2 Å². The number of hydrogen-bond acceptors (Lipinski definition) is 5. The maximum atomic E-state index is 12.5. The van der Waals surface area contributed by atoms with Crippen LogP contribution in [-0.2, 0) is 14.3 Å². The van der Waals surface area contributed by atoms with Gasteiger partial charge in [-0.25, -0.2) is 0 Å². The molecule has 0 aliphatic heterocycles. The van der Waals surface area contributed by atoms with Gasteiger partial charge in [0.1, 0.15) is 0 Å². The van der Waals surface area contributed by atoms with Gasteiger partial charge in [0.2, 0.25) is 5.91 Å². The van der Waals surface area contributed by atoms with Crippen LogP contribution in [0.4, 0.5) is 0 Å². The summed E-state index contributed by atoms with van der Waals surface area (Å²) in [6.07, 6.45) is 73.9. The van der Waals surface area contributed by atoms with Crippen molar-refractivity contribution in [1.29, 1.82) is 0 Å². The van der Waals surface area contributed by atoms with Crippen LogP contribution >= 0.6 is 0 Å². The van der Waals surface area contributed by atoms with Crippen LogP contribution in [-0.4, -0.2) is 47.4 Å². The van der Waals surface area contributed by atoms with Crippen molar-refractivity contribution in [1.82, 2.24) is 5.32 Å². The summed E-state index contributed by atoms with van der Waals surface area (Å²) >= 11 is 0. The largest absolute Gasteiger partial charge is 0.466 e. The summed E-state index contributed by atoms with van der Waals surface area (Å²) in [6, 6.07) is -0.637. The van der Waals surface area contributed by atoms with Crippen LogP contribution in [0, 0.1) is 0 Å². The van der Waals surface area contributed by atoms with Crippen LogP contribution in [0.3, 0.4) is 0 Å². The minimum atomic E-state index is -0.852. The SMILES string of the molecule is CCC/C=C\C/C=C\CCCCCCCC(=O)OCCCCCCCCCCC/C=C\C/C=C\CCCCCCCCCC(=O)NC(CO)C(O)/C=C/CCCCCCCCCCCCCCC. The maximum Gasteiger partial charge on any atom is 0.305 e. The molecule has 1 amide bonds. The minimum Gasteiger partial charge on any atom is -0.466 e. The Morgan fingerprint density at radius 1 is 0.412 bits per heavy atom. The van der Waals surface area contributed by atoms with E-state index in [9.17, 15) is 19.8 Å². The van der Waals surface area contributed by atoms with Gasteiger partial charge in [-0.3, -0.25) is 9.59 Å². The van der Waals surface area contributed by atoms with Crippen molar-refractivity contribution in [2.45, 2.75) is 309 Å². The number of carbonyl (C=O) groups excluding carboxylic acids is 2. The fourth-order valence-electron chi connectivity index (χ4n) is 8.70. The molecule has 0 fully saturated rings. The van der Waals surface area contributed by atoms with E-state index in [1.807, 2.05) is 6.08 Å². The molecule has 0 aromatic carbocycles. The molecule has 0 spiro atoms. The van der Waals surface area contributed by atoms with Gasteiger partial charge in [0, 0.05) is 12.8 Å². The van der Waals surface area contributed by atoms with Gasteiger partial charge in [-0.15, -0.1) is 0 Å². The lowest BCUT2D eigenvalue weighted by Crippen LogP contribution is -2.45. The summed E-state index contributed by atoms with van der Waals surface area (Å²) in [6.45, 7) is 4.82. The zero-order valence-corrected chi connectivity index (χ0v) is 45.1. The van der Waals surface area contributed by atoms with E-state index in [0.29, 0.717) is 19.4 Å². The molecule has 6 heteroatoms. The highest BCUT2D eigenvalue weighted by atomic mass is 16.5. The molecule has 2 unspecified atom stereocenters. The van der Waals surface area contributed by atoms with Gasteiger partial charge in [-0.05, 0) is 89.9 Å². The van der Waals surface area contributed by atoms with Crippen molar-refractivity contribution in [2.24, 2.45) is 0 Å². The van der Waals surface area contributed by atoms with Crippen LogP contribution in [0.1, 0.15) is 296 Å². The number of unbranched alkanes of at least 4 members (excludes halogenated alkanes) is 35. The predicted octanol–water partition coefficient (Wildman–Crippen LogP) is 18.4. The number of aliphatic hydroxyl groups is 2. The van der Waals surface area contributed by atoms with Crippen LogP contribution in [0.15, 0.2) is 60.8 Å². The van der Waals surface area contributed by atoms with E-state index in [1.54, 1.807) is 6.08 Å². The molecule has 0 radical (unpaired) electrons. The van der Waals surface area contributed by atoms with Crippen molar-refractivity contribution in [3.63, 3.8) is 0 Å². The Bertz CT molecular complexity index is 1190. The summed E-state index contributed by atoms with van der Waals surface area (Å²) < 4.78 is 5.46. The first-order valence-corrected chi connectivity index (χ1v) is 29.6. The fourth-order valence-corrected chi connectivity index (χ4v) is 8.70. The quantitative estimate of drug-likeness (QED) is 0.0321. The minimum absolute atomic E-state index is 0.00967. The standard InChI is InChI=1S/C62H113NO5/c1-3-5-7-9-11-13-15-17-27-31-34-38-42-46-50-54-60(65)59(58-64)63-61(66)55-51-47-43-39-35-32-28-25-23-21-19-18-20-22-24-26-29-33-37-41-45-49-53-57-68-62(67)56-52-48-44-40-36-30-16-14-12-10-8-6-4-2/h8,10,14,16,18,20-21,23,50,54,59-60,64-65H,3-7,9,11-13,15,17,19,22,24-49,51-53,55-58H2,1-2H3,(H,63,66)/b10-8-,16-14-,20-18-,23-21-,54-50+. The molecule has 6 nitrogen and oxygen atoms in total. The van der Waals surface area contributed by atoms with Crippen molar-refractivity contribution < 1.29 is 24.5 Å². The van der Waals surface area contributed by atoms with Gasteiger partial charge >= 0.3 is 5.97 Å². The molecule has 0 aromatic heterocycles. The van der Waals surface area contributed by atoms with E-state index < -0.39 is 12.1 Å². The summed E-state index contributed by atoms with van der Waals surface area (Å²) in [5.74, 6) is -0.0886. The van der Waals surface area contributed by atoms with Crippen LogP contribution in [0.25, 0.3) is 0 Å². The molecule has 2 atom stereocenters. The molecule has 0 heterocycles. The first kappa shape index (κ1) is 65.6. The van der Waals surface area contributed by atoms with Gasteiger partial charge in [0.05, 0.1) is 25.4 Å². The molecule has 0 rings (SSSR count). The van der Waals surface area contributed by atoms with Gasteiger partial charge in [-0.2, -0.15) is 0 Å². The average molecular weight is 953 g/mol. The Morgan fingerprint density at radius 3 is 1.18 bits per heavy atom. The highest BCUT2D eigenvalue weighted by Gasteiger charge is 2.18. The number of ether oxygens (including phenoxy) is 1. The number of hydrogen-bond donors (Lipinski definition) is 3. The van der Waals surface area contributed by atoms with E-state index in [1.165, 1.54) is 199 Å². The Morgan fingerprint density at radius 2 is 0.765 bits per heavy atom. The van der Waals surface area contributed by atoms with E-state index in [0.717, 1.165) is 70.6 Å². The summed E-state index contributed by atoms with van der Waals surface area (Å²) in [7, 11) is 0. The van der Waals surface area contributed by atoms with E-state index in [-0.39, 0.29) is 18.5 Å². The summed E-state index contributed by atoms with van der Waals surface area (Å²) in [5.41, 5.74) is 0. The maximum absolute atomic E-state index is 12.5. The molecule has 3 N–H and O–H groups in total. The van der Waals surface area contributed by atoms with Crippen LogP contribution < -0.4 is 5.32 Å². The molecule has 0 bridgehead atoms. The predicted molar refractivity (Wildman–Crippen MR) is 296 cm³/mol. The Labute approximate surface area is 422 Å². The van der Waals surface area contributed by atoms with Crippen LogP contribution in [0.5, 0.6) is 0 Å². The first-order chi connectivity index (χ1) is 33.5. The molecule has 0 aliphatic carbocycles. The van der Waals surface area contributed by atoms with E-state index >= 15 is 0 Å². The third-order valence-electron chi connectivity index (χ3n) is 13.2. The molecule has 0 aliphatic rings. The topological polar surface area (TPSA) is 95.9 Å². The number of amides is 1. The summed E-state index contributed by atoms with van der Waals surface area (Å²) in [5, 5.41) is 23.1. The average Bonchev–Trinajstić information content (AvgIpc) is 3.34. The second-order valence-corrected chi connectivity index (χ2v) is 20.0. The molecule has 0 saturated carbocycles. The molecule has 68 heavy (non-hydrogen) atoms. The fraction of sp³-hybridized carbons (Fsp3) is 0.806. The number of esters is 1. The smallest absolute Gasteiger partial charge is 0.305 e. The lowest BCUT2D eigenvalue weighted by molar-refractivity contribution is -0.143. The first-order valence-electron chi connectivity index (χ1n) is 29.6. The Balaban J connectivity index is 3.49. The number of carbonyl (C=O) groups is 2. The number of aliphatic hydroxyl groups excluding tert-OH is 2. The normalized spacial score (nSPS) is 13.1. The molecule has 0 aromatic rings. The zero-order valence-electron chi connectivity index (χ0n) is 45.1. The Hall–Kier alpha value is -2.44. The second kappa shape index (κ2) is 57.1. The van der Waals surface area contributed by atoms with Gasteiger partial charge in [-0.1, -0.05) is 254 Å². The lowest BCUT2D eigenvalue weighted by Gasteiger charge is -2.20. The highest BCUT2D eigenvalue weighted by molar-refractivity contribution is 5.76. The number of allylic oxidation sites excluding steroid dienone is 9. The molecule has 0 saturated heterocycles. The van der Waals surface area contributed by atoms with Crippen molar-refractivity contribution in [3.05, 3.63) is 60.8 Å². The molecule has 396 valence electrons. The van der Waals surface area contributed by atoms with Crippen molar-refractivity contribution in [3.8, 4) is 0 Å². The lowest BCUT2D eigenvalue weighted by atomic mass is 10.0. The third-order valence-corrected chi connectivity index (χ3v) is 13.2. The molecular weight excluding hydrogens is 839 g/mol. The summed E-state index contributed by atoms with van der Waals surface area (Å²) in [4.78, 5) is 24.5. The van der Waals surface area contributed by atoms with E-state index in [2.05, 4.69) is 67.8 Å². The van der Waals surface area contributed by atoms with Gasteiger partial charge in [0.25, 0.3) is 0 Å². The monoisotopic (exact) mass is 952 g/mol. The van der Waals surface area contributed by atoms with E-state index in [4.69, 9.17) is 4.74 Å². The van der Waals surface area contributed by atoms with Gasteiger partial charge in [0.15, 0.2) is 0 Å². The third kappa shape index (κ3) is 52.9. The molecular formula is C62H113NO5. The number of nitrogens with one attached hydrogen (secondary N) is 1. The number of rotatable bonds is 54. The Kier molecular flexibility index (Phi) is 55.1. The second-order valence-electron chi connectivity index (χ2n) is 20.0.